The molecule has 32 heavy (non-hydrogen) atoms. The first-order valence-corrected chi connectivity index (χ1v) is 12.4. The van der Waals surface area contributed by atoms with Crippen molar-refractivity contribution in [3.63, 3.8) is 0 Å². The van der Waals surface area contributed by atoms with Crippen LogP contribution in [0.25, 0.3) is 10.8 Å². The molecule has 0 heterocycles. The van der Waals surface area contributed by atoms with Gasteiger partial charge in [0.15, 0.2) is 0 Å². The Hall–Kier alpha value is -1.77. The molecule has 0 spiro atoms. The second-order valence-corrected chi connectivity index (χ2v) is 10.3. The predicted molar refractivity (Wildman–Crippen MR) is 144 cm³/mol. The van der Waals surface area contributed by atoms with Gasteiger partial charge in [0.25, 0.3) is 0 Å². The summed E-state index contributed by atoms with van der Waals surface area (Å²) < 4.78 is 13.8. The van der Waals surface area contributed by atoms with Crippen molar-refractivity contribution in [3.05, 3.63) is 79.8 Å². The monoisotopic (exact) mass is 627 g/mol. The largest absolute Gasteiger partial charge is 0.488 e. The molecule has 0 bridgehead atoms. The molecule has 0 N–H and O–H groups in total. The van der Waals surface area contributed by atoms with Gasteiger partial charge in [-0.1, -0.05) is 76.1 Å². The van der Waals surface area contributed by atoms with Gasteiger partial charge in [0.05, 0.1) is 5.69 Å². The molecule has 7 heteroatoms. The van der Waals surface area contributed by atoms with Gasteiger partial charge in [-0.2, -0.15) is 0 Å². The van der Waals surface area contributed by atoms with Crippen LogP contribution in [0.3, 0.4) is 0 Å². The number of ether oxygens (including phenoxy) is 2. The van der Waals surface area contributed by atoms with Crippen LogP contribution in [0.4, 0.5) is 10.5 Å². The van der Waals surface area contributed by atoms with E-state index in [4.69, 9.17) is 21.1 Å². The smallest absolute Gasteiger partial charge is 0.415 e. The molecule has 3 rings (SSSR count). The zero-order valence-electron chi connectivity index (χ0n) is 18.1. The first-order chi connectivity index (χ1) is 15.2. The van der Waals surface area contributed by atoms with Crippen LogP contribution in [0.15, 0.2) is 70.7 Å². The molecule has 0 saturated heterocycles. The van der Waals surface area contributed by atoms with Gasteiger partial charge in [-0.15, -0.1) is 0 Å². The minimum absolute atomic E-state index is 0.270. The minimum atomic E-state index is -0.627. The van der Waals surface area contributed by atoms with Gasteiger partial charge < -0.3 is 9.47 Å². The molecule has 0 aliphatic heterocycles. The standard InChI is InChI=1S/C25H24BrClINO3/c1-25(2,3)32-24(30)29(14-8-13-27)20-15-21(31-16-17-9-5-4-6-10-17)22-18(23(20)28)11-7-12-19(22)26/h4-13,15H,14,16H2,1-3H3/b13-8+. The SMILES string of the molecule is CC(C)(C)OC(=O)N(C/C=C/Cl)c1cc(OCc2ccccc2)c2c(Br)cccc2c1I. The molecule has 4 nitrogen and oxygen atoms in total. The number of hydrogen-bond donors (Lipinski definition) is 0. The van der Waals surface area contributed by atoms with Gasteiger partial charge in [0.2, 0.25) is 0 Å². The fraction of sp³-hybridized carbons (Fsp3) is 0.240. The van der Waals surface area contributed by atoms with Gasteiger partial charge in [-0.3, -0.25) is 4.90 Å². The van der Waals surface area contributed by atoms with E-state index in [-0.39, 0.29) is 6.54 Å². The summed E-state index contributed by atoms with van der Waals surface area (Å²) in [7, 11) is 0. The third-order valence-electron chi connectivity index (χ3n) is 4.51. The van der Waals surface area contributed by atoms with Crippen molar-refractivity contribution in [2.75, 3.05) is 11.4 Å². The first kappa shape index (κ1) is 24.9. The van der Waals surface area contributed by atoms with E-state index in [0.717, 1.165) is 24.4 Å². The zero-order chi connectivity index (χ0) is 23.3. The summed E-state index contributed by atoms with van der Waals surface area (Å²) in [4.78, 5) is 14.7. The number of nitrogens with zero attached hydrogens (tertiary/aromatic N) is 1. The number of hydrogen-bond acceptors (Lipinski definition) is 3. The first-order valence-electron chi connectivity index (χ1n) is 10.0. The molecule has 3 aromatic rings. The number of benzene rings is 3. The van der Waals surface area contributed by atoms with Crippen molar-refractivity contribution < 1.29 is 14.3 Å². The Bertz CT molecular complexity index is 1130. The lowest BCUT2D eigenvalue weighted by Crippen LogP contribution is -2.37. The lowest BCUT2D eigenvalue weighted by atomic mass is 10.1. The number of rotatable bonds is 6. The van der Waals surface area contributed by atoms with Gasteiger partial charge in [0.1, 0.15) is 18.0 Å². The molecule has 1 amide bonds. The van der Waals surface area contributed by atoms with Crippen molar-refractivity contribution in [2.45, 2.75) is 33.0 Å². The van der Waals surface area contributed by atoms with Gasteiger partial charge in [0, 0.05) is 37.0 Å². The van der Waals surface area contributed by atoms with Crippen molar-refractivity contribution in [3.8, 4) is 5.75 Å². The number of carbonyl (C=O) groups is 1. The quantitative estimate of drug-likeness (QED) is 0.258. The average Bonchev–Trinajstić information content (AvgIpc) is 2.74. The van der Waals surface area contributed by atoms with Gasteiger partial charge >= 0.3 is 6.09 Å². The van der Waals surface area contributed by atoms with Crippen LogP contribution in [-0.2, 0) is 11.3 Å². The summed E-state index contributed by atoms with van der Waals surface area (Å²) in [6, 6.07) is 17.8. The van der Waals surface area contributed by atoms with E-state index in [1.807, 2.05) is 75.4 Å². The molecule has 0 radical (unpaired) electrons. The number of amides is 1. The van der Waals surface area contributed by atoms with Crippen LogP contribution in [0.2, 0.25) is 0 Å². The summed E-state index contributed by atoms with van der Waals surface area (Å²) >= 11 is 11.7. The molecule has 3 aromatic carbocycles. The molecule has 0 fully saturated rings. The molecule has 0 saturated carbocycles. The van der Waals surface area contributed by atoms with E-state index in [0.29, 0.717) is 18.0 Å². The number of carbonyl (C=O) groups excluding carboxylic acids is 1. The average molecular weight is 629 g/mol. The van der Waals surface area contributed by atoms with Crippen LogP contribution in [0.1, 0.15) is 26.3 Å². The second kappa shape index (κ2) is 10.9. The third-order valence-corrected chi connectivity index (χ3v) is 6.48. The normalized spacial score (nSPS) is 11.7. The zero-order valence-corrected chi connectivity index (χ0v) is 22.6. The summed E-state index contributed by atoms with van der Waals surface area (Å²) in [5.41, 5.74) is 2.53. The fourth-order valence-electron chi connectivity index (χ4n) is 3.13. The molecule has 0 aliphatic carbocycles. The second-order valence-electron chi connectivity index (χ2n) is 8.10. The van der Waals surface area contributed by atoms with Crippen LogP contribution in [0.5, 0.6) is 5.75 Å². The summed E-state index contributed by atoms with van der Waals surface area (Å²) in [6.45, 7) is 6.21. The number of anilines is 1. The number of fused-ring (bicyclic) bond motifs is 1. The minimum Gasteiger partial charge on any atom is -0.488 e. The van der Waals surface area contributed by atoms with Crippen LogP contribution < -0.4 is 9.64 Å². The van der Waals surface area contributed by atoms with E-state index in [9.17, 15) is 4.79 Å². The number of halogens is 3. The Morgan fingerprint density at radius 2 is 1.88 bits per heavy atom. The summed E-state index contributed by atoms with van der Waals surface area (Å²) in [5, 5.41) is 1.93. The Morgan fingerprint density at radius 3 is 2.53 bits per heavy atom. The lowest BCUT2D eigenvalue weighted by molar-refractivity contribution is 0.0584. The maximum Gasteiger partial charge on any atom is 0.415 e. The Morgan fingerprint density at radius 1 is 1.16 bits per heavy atom. The van der Waals surface area contributed by atoms with E-state index in [1.54, 1.807) is 11.0 Å². The highest BCUT2D eigenvalue weighted by atomic mass is 127. The van der Waals surface area contributed by atoms with E-state index >= 15 is 0 Å². The fourth-order valence-corrected chi connectivity index (χ4v) is 4.67. The third kappa shape index (κ3) is 6.17. The highest BCUT2D eigenvalue weighted by molar-refractivity contribution is 14.1. The van der Waals surface area contributed by atoms with Gasteiger partial charge in [-0.25, -0.2) is 4.79 Å². The van der Waals surface area contributed by atoms with Crippen molar-refractivity contribution in [2.24, 2.45) is 0 Å². The predicted octanol–water partition coefficient (Wildman–Crippen LogP) is 8.28. The molecule has 0 unspecified atom stereocenters. The summed E-state index contributed by atoms with van der Waals surface area (Å²) in [6.07, 6.45) is 1.26. The molecule has 0 atom stereocenters. The van der Waals surface area contributed by atoms with E-state index in [1.165, 1.54) is 5.54 Å². The highest BCUT2D eigenvalue weighted by Crippen LogP contribution is 2.41. The van der Waals surface area contributed by atoms with Crippen LogP contribution in [-0.4, -0.2) is 18.2 Å². The lowest BCUT2D eigenvalue weighted by Gasteiger charge is -2.28. The summed E-state index contributed by atoms with van der Waals surface area (Å²) in [5.74, 6) is 0.676. The Balaban J connectivity index is 2.12. The molecule has 168 valence electrons. The molecular formula is C25H24BrClINO3. The van der Waals surface area contributed by atoms with E-state index in [2.05, 4.69) is 38.5 Å². The topological polar surface area (TPSA) is 38.8 Å². The van der Waals surface area contributed by atoms with Crippen LogP contribution >= 0.6 is 50.1 Å². The van der Waals surface area contributed by atoms with Gasteiger partial charge in [-0.05, 0) is 55.0 Å². The van der Waals surface area contributed by atoms with Crippen molar-refractivity contribution >= 4 is 72.7 Å². The molecular weight excluding hydrogens is 605 g/mol. The van der Waals surface area contributed by atoms with Crippen molar-refractivity contribution in [1.82, 2.24) is 0 Å². The van der Waals surface area contributed by atoms with Crippen molar-refractivity contribution in [1.29, 1.82) is 0 Å². The van der Waals surface area contributed by atoms with E-state index < -0.39 is 11.7 Å². The van der Waals surface area contributed by atoms with Crippen LogP contribution in [0, 0.1) is 3.57 Å². The molecule has 0 aliphatic rings. The Labute approximate surface area is 215 Å². The Kier molecular flexibility index (Phi) is 8.47. The highest BCUT2D eigenvalue weighted by Gasteiger charge is 2.26. The molecule has 0 aromatic heterocycles. The maximum atomic E-state index is 13.1. The maximum absolute atomic E-state index is 13.1.